The molecule has 0 aliphatic heterocycles. The number of halogens is 2. The molecule has 116 valence electrons. The first kappa shape index (κ1) is 15.4. The van der Waals surface area contributed by atoms with Gasteiger partial charge in [0.25, 0.3) is 5.91 Å². The molecule has 1 amide bonds. The van der Waals surface area contributed by atoms with E-state index in [1.807, 2.05) is 22.9 Å². The Morgan fingerprint density at radius 1 is 1.22 bits per heavy atom. The Kier molecular flexibility index (Phi) is 4.52. The van der Waals surface area contributed by atoms with Crippen LogP contribution in [0.25, 0.3) is 0 Å². The smallest absolute Gasteiger partial charge is 0.255 e. The molecule has 23 heavy (non-hydrogen) atoms. The van der Waals surface area contributed by atoms with Crippen LogP contribution in [0.1, 0.15) is 15.9 Å². The fourth-order valence-electron chi connectivity index (χ4n) is 2.14. The van der Waals surface area contributed by atoms with Crippen LogP contribution in [-0.4, -0.2) is 15.5 Å². The summed E-state index contributed by atoms with van der Waals surface area (Å²) in [7, 11) is 0. The molecule has 0 unspecified atom stereocenters. The second kappa shape index (κ2) is 6.75. The summed E-state index contributed by atoms with van der Waals surface area (Å²) in [4.78, 5) is 16.2. The molecule has 0 fully saturated rings. The summed E-state index contributed by atoms with van der Waals surface area (Å²) in [6, 6.07) is 11.7. The minimum absolute atomic E-state index is 0.153. The molecule has 1 aromatic heterocycles. The number of anilines is 1. The molecule has 0 spiro atoms. The van der Waals surface area contributed by atoms with Crippen molar-refractivity contribution in [3.8, 4) is 0 Å². The van der Waals surface area contributed by atoms with Gasteiger partial charge in [0.05, 0.1) is 12.0 Å². The summed E-state index contributed by atoms with van der Waals surface area (Å²) in [5, 5.41) is 2.57. The highest BCUT2D eigenvalue weighted by Gasteiger charge is 2.09. The topological polar surface area (TPSA) is 46.9 Å². The third-order valence-corrected chi connectivity index (χ3v) is 3.81. The van der Waals surface area contributed by atoms with E-state index in [1.165, 1.54) is 12.1 Å². The van der Waals surface area contributed by atoms with Crippen LogP contribution in [0, 0.1) is 5.82 Å². The Balaban J connectivity index is 1.70. The zero-order valence-electron chi connectivity index (χ0n) is 12.0. The van der Waals surface area contributed by atoms with Crippen LogP contribution in [0.5, 0.6) is 0 Å². The van der Waals surface area contributed by atoms with Gasteiger partial charge < -0.3 is 9.88 Å². The van der Waals surface area contributed by atoms with Crippen molar-refractivity contribution in [1.82, 2.24) is 9.55 Å². The van der Waals surface area contributed by atoms with Crippen LogP contribution in [0.3, 0.4) is 0 Å². The average Bonchev–Trinajstić information content (AvgIpc) is 3.04. The van der Waals surface area contributed by atoms with Gasteiger partial charge in [0, 0.05) is 29.0 Å². The summed E-state index contributed by atoms with van der Waals surface area (Å²) in [5.74, 6) is -0.829. The number of hydrogen-bond acceptors (Lipinski definition) is 2. The van der Waals surface area contributed by atoms with Crippen molar-refractivity contribution >= 4 is 27.5 Å². The summed E-state index contributed by atoms with van der Waals surface area (Å²) < 4.78 is 16.3. The van der Waals surface area contributed by atoms with Crippen molar-refractivity contribution in [3.05, 3.63) is 82.6 Å². The van der Waals surface area contributed by atoms with Gasteiger partial charge in [-0.15, -0.1) is 0 Å². The first-order valence-corrected chi connectivity index (χ1v) is 7.72. The molecule has 0 saturated heterocycles. The van der Waals surface area contributed by atoms with Crippen LogP contribution in [0.2, 0.25) is 0 Å². The Morgan fingerprint density at radius 3 is 2.65 bits per heavy atom. The van der Waals surface area contributed by atoms with E-state index >= 15 is 0 Å². The van der Waals surface area contributed by atoms with E-state index in [1.54, 1.807) is 30.7 Å². The van der Waals surface area contributed by atoms with Gasteiger partial charge in [-0.1, -0.05) is 28.1 Å². The van der Waals surface area contributed by atoms with Crippen molar-refractivity contribution in [2.45, 2.75) is 6.54 Å². The largest absolute Gasteiger partial charge is 0.333 e. The molecule has 0 saturated carbocycles. The molecule has 0 bridgehead atoms. The molecule has 1 heterocycles. The van der Waals surface area contributed by atoms with Crippen molar-refractivity contribution in [3.63, 3.8) is 0 Å². The predicted octanol–water partition coefficient (Wildman–Crippen LogP) is 4.09. The van der Waals surface area contributed by atoms with Gasteiger partial charge in [-0.05, 0) is 35.9 Å². The number of rotatable bonds is 4. The summed E-state index contributed by atoms with van der Waals surface area (Å²) in [6.07, 6.45) is 5.32. The van der Waals surface area contributed by atoms with Crippen molar-refractivity contribution < 1.29 is 9.18 Å². The van der Waals surface area contributed by atoms with Crippen LogP contribution < -0.4 is 5.32 Å². The average molecular weight is 374 g/mol. The SMILES string of the molecule is O=C(Nc1ccc(Br)cc1F)c1ccc(Cn2ccnc2)cc1. The number of nitrogens with one attached hydrogen (secondary N) is 1. The van der Waals surface area contributed by atoms with Crippen LogP contribution in [0.4, 0.5) is 10.1 Å². The van der Waals surface area contributed by atoms with Gasteiger partial charge in [0.15, 0.2) is 0 Å². The third-order valence-electron chi connectivity index (χ3n) is 3.32. The van der Waals surface area contributed by atoms with E-state index in [-0.39, 0.29) is 11.6 Å². The highest BCUT2D eigenvalue weighted by molar-refractivity contribution is 9.10. The zero-order valence-corrected chi connectivity index (χ0v) is 13.6. The highest BCUT2D eigenvalue weighted by Crippen LogP contribution is 2.20. The molecular formula is C17H13BrFN3O. The molecule has 6 heteroatoms. The number of benzene rings is 2. The van der Waals surface area contributed by atoms with Gasteiger partial charge in [0.1, 0.15) is 5.82 Å². The van der Waals surface area contributed by atoms with E-state index in [2.05, 4.69) is 26.2 Å². The molecule has 2 aromatic carbocycles. The molecule has 0 aliphatic rings. The summed E-state index contributed by atoms with van der Waals surface area (Å²) >= 11 is 3.18. The van der Waals surface area contributed by atoms with E-state index in [0.717, 1.165) is 5.56 Å². The lowest BCUT2D eigenvalue weighted by Crippen LogP contribution is -2.13. The van der Waals surface area contributed by atoms with Gasteiger partial charge in [-0.3, -0.25) is 4.79 Å². The highest BCUT2D eigenvalue weighted by atomic mass is 79.9. The Hall–Kier alpha value is -2.47. The summed E-state index contributed by atoms with van der Waals surface area (Å²) in [6.45, 7) is 0.684. The number of carbonyl (C=O) groups is 1. The monoisotopic (exact) mass is 373 g/mol. The maximum absolute atomic E-state index is 13.7. The Labute approximate surface area is 141 Å². The summed E-state index contributed by atoms with van der Waals surface area (Å²) in [5.41, 5.74) is 1.68. The third kappa shape index (κ3) is 3.84. The Morgan fingerprint density at radius 2 is 2.00 bits per heavy atom. The second-order valence-corrected chi connectivity index (χ2v) is 5.93. The maximum Gasteiger partial charge on any atom is 0.255 e. The second-order valence-electron chi connectivity index (χ2n) is 5.01. The fraction of sp³-hybridized carbons (Fsp3) is 0.0588. The lowest BCUT2D eigenvalue weighted by molar-refractivity contribution is 0.102. The lowest BCUT2D eigenvalue weighted by atomic mass is 10.1. The van der Waals surface area contributed by atoms with Gasteiger partial charge in [0.2, 0.25) is 0 Å². The number of aromatic nitrogens is 2. The van der Waals surface area contributed by atoms with Crippen molar-refractivity contribution in [2.24, 2.45) is 0 Å². The standard InChI is InChI=1S/C17H13BrFN3O/c18-14-5-6-16(15(19)9-14)21-17(23)13-3-1-12(2-4-13)10-22-8-7-20-11-22/h1-9,11H,10H2,(H,21,23). The molecule has 4 nitrogen and oxygen atoms in total. The van der Waals surface area contributed by atoms with Crippen LogP contribution in [0.15, 0.2) is 65.7 Å². The van der Waals surface area contributed by atoms with E-state index < -0.39 is 5.82 Å². The molecular weight excluding hydrogens is 361 g/mol. The molecule has 1 N–H and O–H groups in total. The van der Waals surface area contributed by atoms with Gasteiger partial charge >= 0.3 is 0 Å². The van der Waals surface area contributed by atoms with E-state index in [9.17, 15) is 9.18 Å². The van der Waals surface area contributed by atoms with Crippen molar-refractivity contribution in [1.29, 1.82) is 0 Å². The molecule has 0 radical (unpaired) electrons. The molecule has 3 aromatic rings. The number of nitrogens with zero attached hydrogens (tertiary/aromatic N) is 2. The minimum atomic E-state index is -0.482. The lowest BCUT2D eigenvalue weighted by Gasteiger charge is -2.08. The normalized spacial score (nSPS) is 10.5. The number of hydrogen-bond donors (Lipinski definition) is 1. The fourth-order valence-corrected chi connectivity index (χ4v) is 2.47. The molecule has 3 rings (SSSR count). The van der Waals surface area contributed by atoms with Crippen molar-refractivity contribution in [2.75, 3.05) is 5.32 Å². The van der Waals surface area contributed by atoms with Crippen LogP contribution in [-0.2, 0) is 6.54 Å². The minimum Gasteiger partial charge on any atom is -0.333 e. The van der Waals surface area contributed by atoms with Crippen LogP contribution >= 0.6 is 15.9 Å². The molecule has 0 aliphatic carbocycles. The van der Waals surface area contributed by atoms with Gasteiger partial charge in [-0.25, -0.2) is 9.37 Å². The number of amides is 1. The number of imidazole rings is 1. The quantitative estimate of drug-likeness (QED) is 0.748. The Bertz CT molecular complexity index is 816. The van der Waals surface area contributed by atoms with E-state index in [4.69, 9.17) is 0 Å². The van der Waals surface area contributed by atoms with E-state index in [0.29, 0.717) is 16.6 Å². The maximum atomic E-state index is 13.7. The van der Waals surface area contributed by atoms with Gasteiger partial charge in [-0.2, -0.15) is 0 Å². The first-order chi connectivity index (χ1) is 11.1. The molecule has 0 atom stereocenters. The first-order valence-electron chi connectivity index (χ1n) is 6.93. The zero-order chi connectivity index (χ0) is 16.2. The predicted molar refractivity (Wildman–Crippen MR) is 89.8 cm³/mol. The number of carbonyl (C=O) groups excluding carboxylic acids is 1.